The quantitative estimate of drug-likeness (QED) is 0.440. The van der Waals surface area contributed by atoms with E-state index in [2.05, 4.69) is 21.4 Å². The maximum Gasteiger partial charge on any atom is 0.229 e. The molecule has 2 aromatic carbocycles. The Hall–Kier alpha value is -3.26. The van der Waals surface area contributed by atoms with E-state index in [0.29, 0.717) is 12.2 Å². The maximum atomic E-state index is 13.8. The van der Waals surface area contributed by atoms with Crippen molar-refractivity contribution in [3.63, 3.8) is 0 Å². The van der Waals surface area contributed by atoms with E-state index in [9.17, 15) is 9.18 Å². The van der Waals surface area contributed by atoms with Gasteiger partial charge in [-0.3, -0.25) is 4.79 Å². The second-order valence-corrected chi connectivity index (χ2v) is 9.70. The second kappa shape index (κ2) is 8.59. The summed E-state index contributed by atoms with van der Waals surface area (Å²) in [6, 6.07) is 12.4. The molecule has 1 amide bonds. The minimum Gasteiger partial charge on any atom is -0.347 e. The van der Waals surface area contributed by atoms with E-state index in [4.69, 9.17) is 4.98 Å². The van der Waals surface area contributed by atoms with Crippen LogP contribution in [-0.4, -0.2) is 33.8 Å². The van der Waals surface area contributed by atoms with Crippen molar-refractivity contribution >= 4 is 38.4 Å². The van der Waals surface area contributed by atoms with Crippen molar-refractivity contribution < 1.29 is 9.18 Å². The van der Waals surface area contributed by atoms with Crippen LogP contribution in [0.1, 0.15) is 29.7 Å². The van der Waals surface area contributed by atoms with Crippen LogP contribution >= 0.6 is 11.3 Å². The average Bonchev–Trinajstić information content (AvgIpc) is 3.36. The summed E-state index contributed by atoms with van der Waals surface area (Å²) >= 11 is 1.58. The first kappa shape index (κ1) is 21.6. The molecule has 1 saturated heterocycles. The number of carbonyl (C=O) groups is 1. The standard InChI is InChI=1S/C25H26FN5OS/c1-15-9-10-21(16(2)12-15)27-24(32)18-6-5-11-30(14-18)25-28-23-22(33-25)17(3)29-31(23)20-8-4-7-19(26)13-20/h4,7-10,12-13,18H,5-6,11,14H2,1-3H3,(H,27,32)/t18-/m1/s1. The molecule has 4 aromatic rings. The van der Waals surface area contributed by atoms with Crippen LogP contribution in [0, 0.1) is 32.5 Å². The number of aromatic nitrogens is 3. The predicted octanol–water partition coefficient (Wildman–Crippen LogP) is 5.40. The predicted molar refractivity (Wildman–Crippen MR) is 131 cm³/mol. The number of hydrogen-bond donors (Lipinski definition) is 1. The number of thiazole rings is 1. The number of aryl methyl sites for hydroxylation is 3. The lowest BCUT2D eigenvalue weighted by molar-refractivity contribution is -0.120. The van der Waals surface area contributed by atoms with Gasteiger partial charge in [-0.15, -0.1) is 0 Å². The zero-order chi connectivity index (χ0) is 23.1. The van der Waals surface area contributed by atoms with Gasteiger partial charge in [-0.1, -0.05) is 35.1 Å². The molecule has 0 bridgehead atoms. The number of halogens is 1. The molecule has 6 nitrogen and oxygen atoms in total. The SMILES string of the molecule is Cc1ccc(NC(=O)[C@@H]2CCCN(c3nc4c(s3)c(C)nn4-c3cccc(F)c3)C2)c(C)c1. The van der Waals surface area contributed by atoms with Gasteiger partial charge in [0.25, 0.3) is 0 Å². The number of hydrogen-bond acceptors (Lipinski definition) is 5. The number of nitrogens with one attached hydrogen (secondary N) is 1. The minimum absolute atomic E-state index is 0.0508. The van der Waals surface area contributed by atoms with E-state index in [1.807, 2.05) is 39.0 Å². The molecule has 0 unspecified atom stereocenters. The lowest BCUT2D eigenvalue weighted by atomic mass is 9.97. The van der Waals surface area contributed by atoms with E-state index in [0.717, 1.165) is 51.8 Å². The van der Waals surface area contributed by atoms with Gasteiger partial charge in [-0.05, 0) is 63.4 Å². The number of amides is 1. The first-order valence-electron chi connectivity index (χ1n) is 11.1. The summed E-state index contributed by atoms with van der Waals surface area (Å²) < 4.78 is 16.4. The van der Waals surface area contributed by atoms with Crippen molar-refractivity contribution in [1.29, 1.82) is 0 Å². The van der Waals surface area contributed by atoms with Gasteiger partial charge >= 0.3 is 0 Å². The summed E-state index contributed by atoms with van der Waals surface area (Å²) in [7, 11) is 0. The summed E-state index contributed by atoms with van der Waals surface area (Å²) in [5, 5.41) is 8.56. The Morgan fingerprint density at radius 1 is 1.18 bits per heavy atom. The largest absolute Gasteiger partial charge is 0.347 e. The van der Waals surface area contributed by atoms with Crippen LogP contribution in [0.2, 0.25) is 0 Å². The molecule has 1 atom stereocenters. The van der Waals surface area contributed by atoms with Gasteiger partial charge in [-0.2, -0.15) is 10.1 Å². The van der Waals surface area contributed by atoms with Crippen LogP contribution in [-0.2, 0) is 4.79 Å². The Balaban J connectivity index is 1.37. The van der Waals surface area contributed by atoms with Crippen molar-refractivity contribution in [2.75, 3.05) is 23.3 Å². The van der Waals surface area contributed by atoms with Gasteiger partial charge in [0, 0.05) is 18.8 Å². The van der Waals surface area contributed by atoms with Crippen LogP contribution in [0.5, 0.6) is 0 Å². The molecule has 170 valence electrons. The molecule has 0 aliphatic carbocycles. The normalized spacial score (nSPS) is 16.4. The zero-order valence-electron chi connectivity index (χ0n) is 18.9. The number of fused-ring (bicyclic) bond motifs is 1. The molecule has 33 heavy (non-hydrogen) atoms. The topological polar surface area (TPSA) is 63.1 Å². The van der Waals surface area contributed by atoms with Crippen LogP contribution in [0.25, 0.3) is 16.0 Å². The highest BCUT2D eigenvalue weighted by Crippen LogP contribution is 2.34. The van der Waals surface area contributed by atoms with Gasteiger partial charge in [0.15, 0.2) is 10.8 Å². The Kier molecular flexibility index (Phi) is 5.62. The van der Waals surface area contributed by atoms with Gasteiger partial charge in [-0.25, -0.2) is 9.07 Å². The van der Waals surface area contributed by atoms with Crippen LogP contribution in [0.3, 0.4) is 0 Å². The zero-order valence-corrected chi connectivity index (χ0v) is 19.7. The van der Waals surface area contributed by atoms with Crippen molar-refractivity contribution in [3.05, 3.63) is 65.1 Å². The van der Waals surface area contributed by atoms with Gasteiger partial charge in [0.05, 0.1) is 22.0 Å². The highest BCUT2D eigenvalue weighted by molar-refractivity contribution is 7.22. The Labute approximate surface area is 196 Å². The van der Waals surface area contributed by atoms with E-state index in [1.165, 1.54) is 17.7 Å². The molecule has 0 saturated carbocycles. The van der Waals surface area contributed by atoms with Crippen LogP contribution in [0.4, 0.5) is 15.2 Å². The van der Waals surface area contributed by atoms with Crippen molar-refractivity contribution in [1.82, 2.24) is 14.8 Å². The number of benzene rings is 2. The minimum atomic E-state index is -0.307. The smallest absolute Gasteiger partial charge is 0.229 e. The van der Waals surface area contributed by atoms with E-state index < -0.39 is 0 Å². The third kappa shape index (κ3) is 4.23. The summed E-state index contributed by atoms with van der Waals surface area (Å²) in [5.41, 5.74) is 5.35. The number of anilines is 2. The Morgan fingerprint density at radius 2 is 2.03 bits per heavy atom. The number of piperidine rings is 1. The average molecular weight is 464 g/mol. The highest BCUT2D eigenvalue weighted by Gasteiger charge is 2.28. The molecule has 1 aliphatic heterocycles. The molecule has 1 fully saturated rings. The Morgan fingerprint density at radius 3 is 2.82 bits per heavy atom. The molecular weight excluding hydrogens is 437 g/mol. The third-order valence-corrected chi connectivity index (χ3v) is 7.35. The molecule has 5 rings (SSSR count). The van der Waals surface area contributed by atoms with Gasteiger partial charge in [0.2, 0.25) is 5.91 Å². The van der Waals surface area contributed by atoms with Crippen LogP contribution in [0.15, 0.2) is 42.5 Å². The second-order valence-electron chi connectivity index (χ2n) is 8.72. The fourth-order valence-electron chi connectivity index (χ4n) is 4.40. The van der Waals surface area contributed by atoms with E-state index in [-0.39, 0.29) is 17.6 Å². The summed E-state index contributed by atoms with van der Waals surface area (Å²) in [6.07, 6.45) is 1.78. The van der Waals surface area contributed by atoms with Crippen molar-refractivity contribution in [2.45, 2.75) is 33.6 Å². The number of carbonyl (C=O) groups excluding carboxylic acids is 1. The molecule has 0 radical (unpaired) electrons. The van der Waals surface area contributed by atoms with Crippen molar-refractivity contribution in [2.24, 2.45) is 5.92 Å². The van der Waals surface area contributed by atoms with E-state index in [1.54, 1.807) is 22.1 Å². The maximum absolute atomic E-state index is 13.8. The molecular formula is C25H26FN5OS. The molecule has 0 spiro atoms. The molecule has 8 heteroatoms. The fourth-order valence-corrected chi connectivity index (χ4v) is 5.42. The lowest BCUT2D eigenvalue weighted by Gasteiger charge is -2.31. The molecule has 1 N–H and O–H groups in total. The van der Waals surface area contributed by atoms with E-state index >= 15 is 0 Å². The molecule has 2 aromatic heterocycles. The summed E-state index contributed by atoms with van der Waals surface area (Å²) in [4.78, 5) is 20.1. The highest BCUT2D eigenvalue weighted by atomic mass is 32.1. The molecule has 3 heterocycles. The van der Waals surface area contributed by atoms with Crippen molar-refractivity contribution in [3.8, 4) is 5.69 Å². The monoisotopic (exact) mass is 463 g/mol. The number of rotatable bonds is 4. The first-order valence-corrected chi connectivity index (χ1v) is 12.0. The lowest BCUT2D eigenvalue weighted by Crippen LogP contribution is -2.40. The summed E-state index contributed by atoms with van der Waals surface area (Å²) in [6.45, 7) is 7.48. The fraction of sp³-hybridized carbons (Fsp3) is 0.320. The third-order valence-electron chi connectivity index (χ3n) is 6.13. The molecule has 1 aliphatic rings. The Bertz CT molecular complexity index is 1340. The van der Waals surface area contributed by atoms with Gasteiger partial charge < -0.3 is 10.2 Å². The van der Waals surface area contributed by atoms with Crippen LogP contribution < -0.4 is 10.2 Å². The first-order chi connectivity index (χ1) is 15.9. The number of nitrogens with zero attached hydrogens (tertiary/aromatic N) is 4. The summed E-state index contributed by atoms with van der Waals surface area (Å²) in [5.74, 6) is -0.361. The van der Waals surface area contributed by atoms with Gasteiger partial charge in [0.1, 0.15) is 5.82 Å².